The van der Waals surface area contributed by atoms with E-state index in [9.17, 15) is 19.2 Å². The number of carbonyl (C=O) groups excluding carboxylic acids is 4. The van der Waals surface area contributed by atoms with E-state index < -0.39 is 12.1 Å². The van der Waals surface area contributed by atoms with Crippen LogP contribution in [0.4, 0.5) is 0 Å². The largest absolute Gasteiger partial charge is 0.482 e. The lowest BCUT2D eigenvalue weighted by molar-refractivity contribution is -0.142. The quantitative estimate of drug-likeness (QED) is 0.509. The van der Waals surface area contributed by atoms with Crippen LogP contribution in [0, 0.1) is 28.6 Å². The second kappa shape index (κ2) is 9.28. The van der Waals surface area contributed by atoms with E-state index in [4.69, 9.17) is 27.9 Å². The van der Waals surface area contributed by atoms with Crippen molar-refractivity contribution >= 4 is 47.2 Å². The van der Waals surface area contributed by atoms with Crippen molar-refractivity contribution in [2.75, 3.05) is 19.7 Å². The Hall–Kier alpha value is -2.32. The summed E-state index contributed by atoms with van der Waals surface area (Å²) >= 11 is 12.0. The number of fused-ring (bicyclic) bond motifs is 1. The lowest BCUT2D eigenvalue weighted by Crippen LogP contribution is -2.53. The van der Waals surface area contributed by atoms with Crippen LogP contribution in [0.15, 0.2) is 18.2 Å². The molecule has 1 aliphatic carbocycles. The van der Waals surface area contributed by atoms with Gasteiger partial charge in [0.2, 0.25) is 11.8 Å². The molecule has 1 aromatic rings. The van der Waals surface area contributed by atoms with E-state index in [0.717, 1.165) is 0 Å². The Balaban J connectivity index is 1.44. The number of nitrogens with one attached hydrogen (secondary N) is 2. The predicted molar refractivity (Wildman–Crippen MR) is 131 cm³/mol. The molecular weight excluding hydrogens is 493 g/mol. The molecule has 1 aromatic carbocycles. The molecule has 2 saturated heterocycles. The van der Waals surface area contributed by atoms with Crippen molar-refractivity contribution in [3.05, 3.63) is 28.2 Å². The third-order valence-electron chi connectivity index (χ3n) is 8.00. The average Bonchev–Trinajstić information content (AvgIpc) is 3.07. The highest BCUT2D eigenvalue weighted by Gasteiger charge is 2.69. The zero-order valence-electron chi connectivity index (χ0n) is 20.3. The molecule has 35 heavy (non-hydrogen) atoms. The molecule has 10 heteroatoms. The summed E-state index contributed by atoms with van der Waals surface area (Å²) in [7, 11) is 0. The van der Waals surface area contributed by atoms with Gasteiger partial charge in [0.15, 0.2) is 6.61 Å². The fourth-order valence-electron chi connectivity index (χ4n) is 5.67. The van der Waals surface area contributed by atoms with Crippen LogP contribution in [-0.4, -0.2) is 60.7 Å². The first-order valence-electron chi connectivity index (χ1n) is 11.8. The summed E-state index contributed by atoms with van der Waals surface area (Å²) < 4.78 is 5.61. The van der Waals surface area contributed by atoms with Gasteiger partial charge in [0.05, 0.1) is 11.1 Å². The van der Waals surface area contributed by atoms with Gasteiger partial charge in [-0.05, 0) is 47.3 Å². The zero-order chi connectivity index (χ0) is 25.7. The minimum Gasteiger partial charge on any atom is -0.482 e. The van der Waals surface area contributed by atoms with Gasteiger partial charge in [0, 0.05) is 24.0 Å². The monoisotopic (exact) mass is 523 g/mol. The number of carbonyl (C=O) groups is 4. The average molecular weight is 524 g/mol. The minimum absolute atomic E-state index is 0.0101. The van der Waals surface area contributed by atoms with Crippen molar-refractivity contribution in [3.63, 3.8) is 0 Å². The fraction of sp³-hybridized carbons (Fsp3) is 0.600. The van der Waals surface area contributed by atoms with Crippen LogP contribution < -0.4 is 15.4 Å². The van der Waals surface area contributed by atoms with Gasteiger partial charge < -0.3 is 25.1 Å². The van der Waals surface area contributed by atoms with Crippen molar-refractivity contribution in [3.8, 4) is 5.75 Å². The number of halogens is 2. The molecule has 3 fully saturated rings. The van der Waals surface area contributed by atoms with Crippen LogP contribution in [0.25, 0.3) is 0 Å². The summed E-state index contributed by atoms with van der Waals surface area (Å²) in [5, 5.41) is 6.38. The highest BCUT2D eigenvalue weighted by molar-refractivity contribution is 6.35. The molecule has 2 heterocycles. The van der Waals surface area contributed by atoms with Crippen LogP contribution >= 0.6 is 23.2 Å². The first-order valence-corrected chi connectivity index (χ1v) is 12.5. The molecule has 2 aliphatic heterocycles. The summed E-state index contributed by atoms with van der Waals surface area (Å²) in [6.45, 7) is 8.76. The summed E-state index contributed by atoms with van der Waals surface area (Å²) in [6, 6.07) is 3.19. The molecule has 4 rings (SSSR count). The number of piperidine rings is 1. The molecule has 2 N–H and O–H groups in total. The number of ether oxygens (including phenoxy) is 1. The Morgan fingerprint density at radius 1 is 1.29 bits per heavy atom. The molecule has 0 spiro atoms. The maximum Gasteiger partial charge on any atom is 0.261 e. The standard InChI is InChI=1S/C25H31Cl2N3O5/c1-24(2)12-28-22(33)15(24)8-14(10-31)29-23(34)21-20-16(25(20,3)4)9-30(21)19(32)11-35-18-6-5-13(26)7-17(18)27/h5-7,10,14-16,20-21H,8-9,11-12H2,1-4H3,(H,28,33)(H,29,34)/t14-,15-,16-,20+,21?/m0/s1. The number of hydrogen-bond acceptors (Lipinski definition) is 5. The third-order valence-corrected chi connectivity index (χ3v) is 8.53. The number of benzene rings is 1. The molecule has 0 radical (unpaired) electrons. The Morgan fingerprint density at radius 2 is 2.00 bits per heavy atom. The maximum atomic E-state index is 13.4. The second-order valence-electron chi connectivity index (χ2n) is 11.1. The second-order valence-corrected chi connectivity index (χ2v) is 11.9. The molecule has 3 amide bonds. The summed E-state index contributed by atoms with van der Waals surface area (Å²) in [5.74, 6) is -0.710. The van der Waals surface area contributed by atoms with E-state index >= 15 is 0 Å². The van der Waals surface area contributed by atoms with E-state index in [1.165, 1.54) is 11.0 Å². The number of hydrogen-bond donors (Lipinski definition) is 2. The van der Waals surface area contributed by atoms with E-state index in [2.05, 4.69) is 24.5 Å². The Kier molecular flexibility index (Phi) is 6.83. The predicted octanol–water partition coefficient (Wildman–Crippen LogP) is 2.70. The van der Waals surface area contributed by atoms with Gasteiger partial charge >= 0.3 is 0 Å². The van der Waals surface area contributed by atoms with E-state index in [-0.39, 0.29) is 64.4 Å². The summed E-state index contributed by atoms with van der Waals surface area (Å²) in [5.41, 5.74) is -0.397. The zero-order valence-corrected chi connectivity index (χ0v) is 21.8. The van der Waals surface area contributed by atoms with E-state index in [1.54, 1.807) is 12.1 Å². The normalized spacial score (nSPS) is 28.6. The van der Waals surface area contributed by atoms with Gasteiger partial charge in [-0.1, -0.05) is 50.9 Å². The number of aldehydes is 1. The number of amides is 3. The topological polar surface area (TPSA) is 105 Å². The van der Waals surface area contributed by atoms with Gasteiger partial charge in [-0.15, -0.1) is 0 Å². The SMILES string of the molecule is CC1(C)CNC(=O)[C@@H]1C[C@@H](C=O)NC(=O)C1[C@H]2[C@H](CN1C(=O)COc1ccc(Cl)cc1Cl)C2(C)C. The Morgan fingerprint density at radius 3 is 2.60 bits per heavy atom. The van der Waals surface area contributed by atoms with Gasteiger partial charge in [-0.25, -0.2) is 0 Å². The molecule has 1 unspecified atom stereocenters. The van der Waals surface area contributed by atoms with Gasteiger partial charge in [-0.3, -0.25) is 14.4 Å². The van der Waals surface area contributed by atoms with Crippen molar-refractivity contribution in [2.24, 2.45) is 28.6 Å². The smallest absolute Gasteiger partial charge is 0.261 e. The maximum absolute atomic E-state index is 13.4. The first-order chi connectivity index (χ1) is 16.4. The van der Waals surface area contributed by atoms with E-state index in [1.807, 2.05) is 13.8 Å². The molecule has 0 bridgehead atoms. The molecule has 1 saturated carbocycles. The minimum atomic E-state index is -0.822. The molecule has 5 atom stereocenters. The summed E-state index contributed by atoms with van der Waals surface area (Å²) in [4.78, 5) is 52.1. The highest BCUT2D eigenvalue weighted by Crippen LogP contribution is 2.64. The number of nitrogens with zero attached hydrogens (tertiary/aromatic N) is 1. The van der Waals surface area contributed by atoms with Crippen LogP contribution in [0.3, 0.4) is 0 Å². The molecule has 190 valence electrons. The van der Waals surface area contributed by atoms with Crippen molar-refractivity contribution in [1.82, 2.24) is 15.5 Å². The van der Waals surface area contributed by atoms with E-state index in [0.29, 0.717) is 30.1 Å². The molecule has 8 nitrogen and oxygen atoms in total. The fourth-order valence-corrected chi connectivity index (χ4v) is 6.13. The molecule has 0 aromatic heterocycles. The van der Waals surface area contributed by atoms with Crippen LogP contribution in [0.1, 0.15) is 34.1 Å². The highest BCUT2D eigenvalue weighted by atomic mass is 35.5. The van der Waals surface area contributed by atoms with Crippen LogP contribution in [0.2, 0.25) is 10.0 Å². The van der Waals surface area contributed by atoms with Gasteiger partial charge in [-0.2, -0.15) is 0 Å². The summed E-state index contributed by atoms with van der Waals surface area (Å²) in [6.07, 6.45) is 0.881. The van der Waals surface area contributed by atoms with Gasteiger partial charge in [0.1, 0.15) is 18.1 Å². The molecule has 3 aliphatic rings. The third kappa shape index (κ3) is 4.87. The Labute approximate surface area is 215 Å². The van der Waals surface area contributed by atoms with Crippen LogP contribution in [-0.2, 0) is 19.2 Å². The first kappa shape index (κ1) is 25.8. The van der Waals surface area contributed by atoms with Gasteiger partial charge in [0.25, 0.3) is 5.91 Å². The van der Waals surface area contributed by atoms with Crippen molar-refractivity contribution < 1.29 is 23.9 Å². The van der Waals surface area contributed by atoms with Crippen LogP contribution in [0.5, 0.6) is 5.75 Å². The number of rotatable bonds is 8. The lowest BCUT2D eigenvalue weighted by atomic mass is 9.78. The Bertz CT molecular complexity index is 1060. The van der Waals surface area contributed by atoms with Crippen molar-refractivity contribution in [1.29, 1.82) is 0 Å². The number of likely N-dealkylation sites (tertiary alicyclic amines) is 1. The lowest BCUT2D eigenvalue weighted by Gasteiger charge is -2.31. The molecular formula is C25H31Cl2N3O5. The van der Waals surface area contributed by atoms with Crippen molar-refractivity contribution in [2.45, 2.75) is 46.2 Å².